The molecule has 3 N–H and O–H groups in total. The van der Waals surface area contributed by atoms with Gasteiger partial charge >= 0.3 is 43.7 Å². The Kier molecular flexibility index (Phi) is 9.02. The quantitative estimate of drug-likeness (QED) is 0.401. The Morgan fingerprint density at radius 2 is 1.83 bits per heavy atom. The monoisotopic (exact) mass is 198 g/mol. The molecule has 0 saturated carbocycles. The summed E-state index contributed by atoms with van der Waals surface area (Å²) in [5.41, 5.74) is 0.338. The van der Waals surface area contributed by atoms with E-state index in [1.54, 1.807) is 30.3 Å². The normalized spacial score (nSPS) is 7.42. The van der Waals surface area contributed by atoms with Crippen molar-refractivity contribution >= 4 is 43.7 Å². The van der Waals surface area contributed by atoms with E-state index < -0.39 is 5.97 Å². The molecule has 0 radical (unpaired) electrons. The van der Waals surface area contributed by atoms with Gasteiger partial charge in [0.2, 0.25) is 0 Å². The van der Waals surface area contributed by atoms with Gasteiger partial charge in [-0.15, -0.1) is 0 Å². The molecule has 64 valence electrons. The summed E-state index contributed by atoms with van der Waals surface area (Å²) in [5, 5.41) is 7.94. The Balaban J connectivity index is -0.000000125. The molecule has 0 aliphatic heterocycles. The van der Waals surface area contributed by atoms with Gasteiger partial charge in [-0.05, 0) is 12.1 Å². The average molecular weight is 198 g/mol. The first-order chi connectivity index (χ1) is 4.84. The Morgan fingerprint density at radius 1 is 1.33 bits per heavy atom. The van der Waals surface area contributed by atoms with Gasteiger partial charge in [0, 0.05) is 0 Å². The fraction of sp³-hybridized carbons (Fsp3) is 0. The summed E-state index contributed by atoms with van der Waals surface area (Å²) in [4.78, 5) is 14.0. The van der Waals surface area contributed by atoms with Crippen LogP contribution in [0.25, 0.3) is 0 Å². The summed E-state index contributed by atoms with van der Waals surface area (Å²) >= 11 is 0. The van der Waals surface area contributed by atoms with Crippen LogP contribution in [0.1, 0.15) is 13.2 Å². The summed E-state index contributed by atoms with van der Waals surface area (Å²) < 4.78 is 0. The van der Waals surface area contributed by atoms with Gasteiger partial charge in [-0.2, -0.15) is 5.26 Å². The molecular weight excluding hydrogens is 188 g/mol. The van der Waals surface area contributed by atoms with E-state index in [4.69, 9.17) is 5.26 Å². The molecule has 0 spiro atoms. The maximum absolute atomic E-state index is 10.5. The molecular formula is C7H10CaO4. The van der Waals surface area contributed by atoms with E-state index in [0.717, 1.165) is 0 Å². The second kappa shape index (κ2) is 7.52. The van der Waals surface area contributed by atoms with Crippen LogP contribution in [-0.4, -0.2) is 54.4 Å². The third-order valence-electron chi connectivity index (χ3n) is 1.09. The number of hydrogen-bond acceptors (Lipinski definition) is 3. The van der Waals surface area contributed by atoms with Crippen molar-refractivity contribution in [1.29, 1.82) is 0 Å². The molecule has 0 aliphatic rings. The van der Waals surface area contributed by atoms with Crippen LogP contribution < -0.4 is 0 Å². The van der Waals surface area contributed by atoms with Gasteiger partial charge in [0.1, 0.15) is 0 Å². The van der Waals surface area contributed by atoms with Crippen LogP contribution in [0, 0.1) is 0 Å². The van der Waals surface area contributed by atoms with Crippen molar-refractivity contribution in [3.63, 3.8) is 0 Å². The molecule has 4 nitrogen and oxygen atoms in total. The molecule has 0 aliphatic carbocycles. The van der Waals surface area contributed by atoms with E-state index in [1.807, 2.05) is 0 Å². The molecule has 1 aromatic carbocycles. The first-order valence-corrected chi connectivity index (χ1v) is 2.75. The van der Waals surface area contributed by atoms with E-state index in [9.17, 15) is 4.79 Å². The zero-order valence-electron chi connectivity index (χ0n) is 8.36. The largest absolute Gasteiger partial charge is 2.00 e. The smallest absolute Gasteiger partial charge is 1.00 e. The van der Waals surface area contributed by atoms with Crippen LogP contribution in [0.5, 0.6) is 0 Å². The Morgan fingerprint density at radius 3 is 2.25 bits per heavy atom. The van der Waals surface area contributed by atoms with Crippen molar-refractivity contribution in [2.75, 3.05) is 0 Å². The molecule has 5 heteroatoms. The van der Waals surface area contributed by atoms with Gasteiger partial charge in [0.05, 0.1) is 5.56 Å². The molecule has 0 saturated heterocycles. The Hall–Kier alpha value is -0.130. The average Bonchev–Trinajstić information content (AvgIpc) is 2.05. The minimum atomic E-state index is -0.736. The summed E-state index contributed by atoms with van der Waals surface area (Å²) in [6.45, 7) is 0. The molecule has 0 fully saturated rings. The van der Waals surface area contributed by atoms with Gasteiger partial charge < -0.3 is 8.33 Å². The van der Waals surface area contributed by atoms with Crippen molar-refractivity contribution in [3.8, 4) is 0 Å². The number of rotatable bonds is 1. The van der Waals surface area contributed by atoms with Crippen molar-refractivity contribution in [1.82, 2.24) is 0 Å². The second-order valence-corrected chi connectivity index (χ2v) is 1.74. The third kappa shape index (κ3) is 4.04. The minimum Gasteiger partial charge on any atom is -1.00 e. The predicted octanol–water partition coefficient (Wildman–Crippen LogP) is 0.336. The number of carbonyl (C=O) groups excluding carboxylic acids is 1. The zero-order valence-corrected chi connectivity index (χ0v) is 8.57. The molecule has 1 aromatic rings. The van der Waals surface area contributed by atoms with E-state index in [-0.39, 0.29) is 46.1 Å². The van der Waals surface area contributed by atoms with Crippen molar-refractivity contribution in [2.24, 2.45) is 0 Å². The van der Waals surface area contributed by atoms with Crippen molar-refractivity contribution < 1.29 is 23.3 Å². The van der Waals surface area contributed by atoms with Crippen molar-refractivity contribution in [3.05, 3.63) is 35.9 Å². The zero-order chi connectivity index (χ0) is 7.40. The summed E-state index contributed by atoms with van der Waals surface area (Å²) in [6, 6.07) is 8.25. The van der Waals surface area contributed by atoms with Gasteiger partial charge in [-0.3, -0.25) is 4.89 Å². The molecule has 0 unspecified atom stereocenters. The topological polar surface area (TPSA) is 78.0 Å². The predicted molar refractivity (Wildman–Crippen MR) is 46.1 cm³/mol. The molecule has 0 amide bonds. The third-order valence-corrected chi connectivity index (χ3v) is 1.09. The first kappa shape index (κ1) is 14.4. The van der Waals surface area contributed by atoms with Crippen LogP contribution in [-0.2, 0) is 4.89 Å². The summed E-state index contributed by atoms with van der Waals surface area (Å²) in [6.07, 6.45) is 0. The fourth-order valence-electron chi connectivity index (χ4n) is 0.627. The molecule has 0 aromatic heterocycles. The van der Waals surface area contributed by atoms with Crippen LogP contribution in [0.15, 0.2) is 30.3 Å². The van der Waals surface area contributed by atoms with Crippen LogP contribution in [0.3, 0.4) is 0 Å². The number of hydrogen-bond donors (Lipinski definition) is 1. The van der Waals surface area contributed by atoms with E-state index in [2.05, 4.69) is 4.89 Å². The summed E-state index contributed by atoms with van der Waals surface area (Å²) in [7, 11) is 0. The van der Waals surface area contributed by atoms with Crippen LogP contribution in [0.4, 0.5) is 0 Å². The maximum Gasteiger partial charge on any atom is 2.00 e. The molecule has 0 heterocycles. The van der Waals surface area contributed by atoms with Gasteiger partial charge in [0.15, 0.2) is 0 Å². The number of carbonyl (C=O) groups is 1. The van der Waals surface area contributed by atoms with Crippen LogP contribution >= 0.6 is 0 Å². The minimum absolute atomic E-state index is 0. The maximum atomic E-state index is 10.5. The fourth-order valence-corrected chi connectivity index (χ4v) is 0.627. The van der Waals surface area contributed by atoms with Crippen LogP contribution in [0.2, 0.25) is 0 Å². The summed E-state index contributed by atoms with van der Waals surface area (Å²) in [5.74, 6) is -0.736. The second-order valence-electron chi connectivity index (χ2n) is 1.74. The van der Waals surface area contributed by atoms with E-state index in [1.165, 1.54) is 0 Å². The Labute approximate surface area is 102 Å². The Bertz CT molecular complexity index is 232. The molecule has 12 heavy (non-hydrogen) atoms. The van der Waals surface area contributed by atoms with Gasteiger partial charge in [-0.1, -0.05) is 18.2 Å². The SMILES string of the molecule is O.O=C(OO)c1ccccc1.[Ca+2].[H-].[H-]. The molecule has 0 atom stereocenters. The standard InChI is InChI=1S/C7H6O3.Ca.H2O.2H/c8-7(10-9)6-4-2-1-3-5-6;;;;/h1-5,9H;;1H2;;/q;+2;;2*-1. The van der Waals surface area contributed by atoms with E-state index >= 15 is 0 Å². The van der Waals surface area contributed by atoms with E-state index in [0.29, 0.717) is 5.56 Å². The van der Waals surface area contributed by atoms with Gasteiger partial charge in [-0.25, -0.2) is 4.79 Å². The van der Waals surface area contributed by atoms with Gasteiger partial charge in [0.25, 0.3) is 0 Å². The number of benzene rings is 1. The first-order valence-electron chi connectivity index (χ1n) is 2.75. The van der Waals surface area contributed by atoms with Crippen molar-refractivity contribution in [2.45, 2.75) is 0 Å². The molecule has 1 rings (SSSR count). The molecule has 0 bridgehead atoms.